The molecule has 0 radical (unpaired) electrons. The third-order valence-corrected chi connectivity index (χ3v) is 5.96. The molecule has 1 atom stereocenters. The largest absolute Gasteiger partial charge is 0.352 e. The quantitative estimate of drug-likeness (QED) is 0.854. The van der Waals surface area contributed by atoms with E-state index in [4.69, 9.17) is 0 Å². The van der Waals surface area contributed by atoms with Crippen molar-refractivity contribution >= 4 is 21.4 Å². The lowest BCUT2D eigenvalue weighted by Crippen LogP contribution is -2.26. The minimum atomic E-state index is -3.51. The molecule has 0 fully saturated rings. The van der Waals surface area contributed by atoms with E-state index in [0.717, 1.165) is 10.6 Å². The molecule has 0 saturated carbocycles. The molecule has 2 N–H and O–H groups in total. The van der Waals surface area contributed by atoms with E-state index in [9.17, 15) is 8.42 Å². The van der Waals surface area contributed by atoms with Gasteiger partial charge in [-0.05, 0) is 39.1 Å². The topological polar surface area (TPSA) is 63.1 Å². The lowest BCUT2D eigenvalue weighted by Gasteiger charge is -2.11. The normalized spacial score (nSPS) is 13.5. The summed E-state index contributed by atoms with van der Waals surface area (Å²) < 4.78 is 29.5. The van der Waals surface area contributed by atoms with Gasteiger partial charge in [-0.1, -0.05) is 0 Å². The summed E-state index contributed by atoms with van der Waals surface area (Å²) in [6, 6.07) is 5.43. The van der Waals surface area contributed by atoms with Crippen molar-refractivity contribution in [2.45, 2.75) is 31.3 Å². The van der Waals surface area contributed by atoms with Crippen LogP contribution in [0.15, 0.2) is 29.3 Å². The standard InChI is InChI=1S/C14H21N3O2S2/c1-10-5-6-14(20-10)11(2)16-21(18,19)13-7-12(8-15-3)17(4)9-13/h5-7,9,11,15-16H,8H2,1-4H3. The zero-order valence-corrected chi connectivity index (χ0v) is 14.3. The van der Waals surface area contributed by atoms with E-state index in [2.05, 4.69) is 10.0 Å². The van der Waals surface area contributed by atoms with Crippen LogP contribution >= 0.6 is 11.3 Å². The van der Waals surface area contributed by atoms with Crippen molar-refractivity contribution in [3.8, 4) is 0 Å². The SMILES string of the molecule is CNCc1cc(S(=O)(=O)NC(C)c2ccc(C)s2)cn1C. The first kappa shape index (κ1) is 16.2. The zero-order valence-electron chi connectivity index (χ0n) is 12.7. The highest BCUT2D eigenvalue weighted by Crippen LogP contribution is 2.24. The Bertz CT molecular complexity index is 716. The summed E-state index contributed by atoms with van der Waals surface area (Å²) >= 11 is 1.61. The fraction of sp³-hybridized carbons (Fsp3) is 0.429. The van der Waals surface area contributed by atoms with Gasteiger partial charge in [-0.25, -0.2) is 13.1 Å². The van der Waals surface area contributed by atoms with E-state index in [0.29, 0.717) is 11.4 Å². The maximum absolute atomic E-state index is 12.5. The second-order valence-corrected chi connectivity index (χ2v) is 8.13. The maximum Gasteiger partial charge on any atom is 0.242 e. The van der Waals surface area contributed by atoms with Crippen molar-refractivity contribution in [2.75, 3.05) is 7.05 Å². The molecule has 5 nitrogen and oxygen atoms in total. The number of hydrogen-bond donors (Lipinski definition) is 2. The van der Waals surface area contributed by atoms with Gasteiger partial charge in [-0.3, -0.25) is 0 Å². The summed E-state index contributed by atoms with van der Waals surface area (Å²) in [5, 5.41) is 3.02. The molecule has 2 heterocycles. The number of rotatable bonds is 6. The van der Waals surface area contributed by atoms with Crippen LogP contribution in [0.2, 0.25) is 0 Å². The second-order valence-electron chi connectivity index (χ2n) is 5.10. The molecule has 0 aromatic carbocycles. The van der Waals surface area contributed by atoms with E-state index in [-0.39, 0.29) is 6.04 Å². The fourth-order valence-corrected chi connectivity index (χ4v) is 4.40. The molecular weight excluding hydrogens is 306 g/mol. The minimum Gasteiger partial charge on any atom is -0.352 e. The van der Waals surface area contributed by atoms with E-state index >= 15 is 0 Å². The Labute approximate surface area is 130 Å². The Morgan fingerprint density at radius 1 is 1.38 bits per heavy atom. The first-order chi connectivity index (χ1) is 9.83. The average molecular weight is 327 g/mol. The van der Waals surface area contributed by atoms with Gasteiger partial charge in [0.2, 0.25) is 10.0 Å². The Kier molecular flexibility index (Phi) is 4.88. The zero-order chi connectivity index (χ0) is 15.6. The lowest BCUT2D eigenvalue weighted by atomic mass is 10.3. The number of aromatic nitrogens is 1. The van der Waals surface area contributed by atoms with Crippen molar-refractivity contribution in [3.05, 3.63) is 39.8 Å². The van der Waals surface area contributed by atoms with Gasteiger partial charge in [0.15, 0.2) is 0 Å². The molecule has 21 heavy (non-hydrogen) atoms. The second kappa shape index (κ2) is 6.31. The Morgan fingerprint density at radius 3 is 2.67 bits per heavy atom. The highest BCUT2D eigenvalue weighted by atomic mass is 32.2. The van der Waals surface area contributed by atoms with E-state index in [1.54, 1.807) is 23.6 Å². The van der Waals surface area contributed by atoms with E-state index < -0.39 is 10.0 Å². The number of thiophene rings is 1. The van der Waals surface area contributed by atoms with Crippen molar-refractivity contribution in [2.24, 2.45) is 7.05 Å². The molecule has 2 aromatic rings. The summed E-state index contributed by atoms with van der Waals surface area (Å²) in [4.78, 5) is 2.49. The van der Waals surface area contributed by atoms with Gasteiger partial charge < -0.3 is 9.88 Å². The van der Waals surface area contributed by atoms with Gasteiger partial charge in [0.1, 0.15) is 0 Å². The Hall–Kier alpha value is -1.15. The molecule has 7 heteroatoms. The molecule has 2 rings (SSSR count). The molecule has 0 amide bonds. The first-order valence-corrected chi connectivity index (χ1v) is 9.02. The molecule has 0 aliphatic carbocycles. The molecule has 0 aliphatic heterocycles. The van der Waals surface area contributed by atoms with E-state index in [1.807, 2.05) is 44.6 Å². The number of nitrogens with one attached hydrogen (secondary N) is 2. The first-order valence-electron chi connectivity index (χ1n) is 6.72. The van der Waals surface area contributed by atoms with Crippen LogP contribution in [-0.2, 0) is 23.6 Å². The van der Waals surface area contributed by atoms with Crippen molar-refractivity contribution in [1.82, 2.24) is 14.6 Å². The summed E-state index contributed by atoms with van der Waals surface area (Å²) in [5.41, 5.74) is 0.928. The minimum absolute atomic E-state index is 0.235. The molecule has 116 valence electrons. The Morgan fingerprint density at radius 2 is 2.10 bits per heavy atom. The fourth-order valence-electron chi connectivity index (χ4n) is 2.13. The van der Waals surface area contributed by atoms with Crippen LogP contribution in [0, 0.1) is 6.92 Å². The number of aryl methyl sites for hydroxylation is 2. The van der Waals surface area contributed by atoms with Gasteiger partial charge in [-0.15, -0.1) is 11.3 Å². The number of sulfonamides is 1. The van der Waals surface area contributed by atoms with Crippen LogP contribution in [0.25, 0.3) is 0 Å². The summed E-state index contributed by atoms with van der Waals surface area (Å²) in [6.07, 6.45) is 1.64. The summed E-state index contributed by atoms with van der Waals surface area (Å²) in [7, 11) is 0.169. The molecule has 0 aliphatic rings. The van der Waals surface area contributed by atoms with Gasteiger partial charge in [-0.2, -0.15) is 0 Å². The van der Waals surface area contributed by atoms with E-state index in [1.165, 1.54) is 4.88 Å². The predicted octanol–water partition coefficient (Wildman–Crippen LogP) is 2.15. The monoisotopic (exact) mass is 327 g/mol. The van der Waals surface area contributed by atoms with Gasteiger partial charge in [0, 0.05) is 35.2 Å². The maximum atomic E-state index is 12.5. The van der Waals surface area contributed by atoms with Crippen LogP contribution in [0.3, 0.4) is 0 Å². The Balaban J connectivity index is 2.20. The van der Waals surface area contributed by atoms with Crippen LogP contribution in [-0.4, -0.2) is 20.0 Å². The van der Waals surface area contributed by atoms with Crippen LogP contribution < -0.4 is 10.0 Å². The molecule has 0 bridgehead atoms. The molecule has 0 saturated heterocycles. The molecule has 2 aromatic heterocycles. The van der Waals surface area contributed by atoms with Crippen molar-refractivity contribution in [3.63, 3.8) is 0 Å². The number of nitrogens with zero attached hydrogens (tertiary/aromatic N) is 1. The predicted molar refractivity (Wildman–Crippen MR) is 86.0 cm³/mol. The third-order valence-electron chi connectivity index (χ3n) is 3.27. The lowest BCUT2D eigenvalue weighted by molar-refractivity contribution is 0.568. The average Bonchev–Trinajstić information content (AvgIpc) is 2.97. The summed E-state index contributed by atoms with van der Waals surface area (Å²) in [6.45, 7) is 4.50. The van der Waals surface area contributed by atoms with Gasteiger partial charge in [0.05, 0.1) is 10.9 Å². The van der Waals surface area contributed by atoms with Gasteiger partial charge >= 0.3 is 0 Å². The van der Waals surface area contributed by atoms with Crippen molar-refractivity contribution in [1.29, 1.82) is 0 Å². The van der Waals surface area contributed by atoms with Crippen LogP contribution in [0.5, 0.6) is 0 Å². The van der Waals surface area contributed by atoms with Gasteiger partial charge in [0.25, 0.3) is 0 Å². The van der Waals surface area contributed by atoms with Crippen LogP contribution in [0.1, 0.15) is 28.4 Å². The molecular formula is C14H21N3O2S2. The third kappa shape index (κ3) is 3.74. The molecule has 1 unspecified atom stereocenters. The number of hydrogen-bond acceptors (Lipinski definition) is 4. The highest BCUT2D eigenvalue weighted by Gasteiger charge is 2.21. The molecule has 0 spiro atoms. The van der Waals surface area contributed by atoms with Crippen LogP contribution in [0.4, 0.5) is 0 Å². The smallest absolute Gasteiger partial charge is 0.242 e. The summed E-state index contributed by atoms with van der Waals surface area (Å²) in [5.74, 6) is 0. The highest BCUT2D eigenvalue weighted by molar-refractivity contribution is 7.89. The van der Waals surface area contributed by atoms with Crippen molar-refractivity contribution < 1.29 is 8.42 Å².